The minimum Gasteiger partial charge on any atom is -0.348 e. The Morgan fingerprint density at radius 1 is 1.04 bits per heavy atom. The first-order valence-corrected chi connectivity index (χ1v) is 8.13. The van der Waals surface area contributed by atoms with Crippen LogP contribution in [0.2, 0.25) is 0 Å². The number of nitrogens with zero attached hydrogens (tertiary/aromatic N) is 2. The lowest BCUT2D eigenvalue weighted by atomic mass is 10.1. The molecule has 128 valence electrons. The van der Waals surface area contributed by atoms with Crippen LogP contribution in [0.1, 0.15) is 35.7 Å². The lowest BCUT2D eigenvalue weighted by Gasteiger charge is -2.08. The van der Waals surface area contributed by atoms with Crippen molar-refractivity contribution in [2.24, 2.45) is 0 Å². The first kappa shape index (κ1) is 16.6. The maximum Gasteiger partial charge on any atom is 0.251 e. The summed E-state index contributed by atoms with van der Waals surface area (Å²) in [6.45, 7) is 2.37. The Morgan fingerprint density at radius 3 is 2.56 bits per heavy atom. The van der Waals surface area contributed by atoms with Crippen LogP contribution in [0.25, 0.3) is 11.0 Å². The van der Waals surface area contributed by atoms with E-state index in [1.54, 1.807) is 18.2 Å². The monoisotopic (exact) mass is 337 g/mol. The molecule has 7 nitrogen and oxygen atoms in total. The van der Waals surface area contributed by atoms with Gasteiger partial charge in [0, 0.05) is 24.2 Å². The van der Waals surface area contributed by atoms with E-state index in [1.165, 1.54) is 0 Å². The molecule has 0 unspecified atom stereocenters. The quantitative estimate of drug-likeness (QED) is 0.644. The molecule has 0 atom stereocenters. The Morgan fingerprint density at radius 2 is 1.80 bits per heavy atom. The van der Waals surface area contributed by atoms with Crippen molar-refractivity contribution in [3.8, 4) is 0 Å². The number of benzene rings is 2. The van der Waals surface area contributed by atoms with Crippen LogP contribution in [0.5, 0.6) is 0 Å². The van der Waals surface area contributed by atoms with E-state index in [-0.39, 0.29) is 11.8 Å². The SMILES string of the molecule is CCCC(=O)Nc1ccc(CNC(=O)c2ccc3n[nH]nc3c2)cc1. The second-order valence-corrected chi connectivity index (χ2v) is 5.70. The third-order valence-corrected chi connectivity index (χ3v) is 3.75. The Kier molecular flexibility index (Phi) is 5.03. The van der Waals surface area contributed by atoms with E-state index in [0.29, 0.717) is 24.0 Å². The number of carbonyl (C=O) groups is 2. The van der Waals surface area contributed by atoms with Crippen molar-refractivity contribution in [3.63, 3.8) is 0 Å². The van der Waals surface area contributed by atoms with Gasteiger partial charge in [-0.15, -0.1) is 0 Å². The van der Waals surface area contributed by atoms with Crippen LogP contribution < -0.4 is 10.6 Å². The van der Waals surface area contributed by atoms with Gasteiger partial charge in [-0.05, 0) is 42.3 Å². The second kappa shape index (κ2) is 7.57. The summed E-state index contributed by atoms with van der Waals surface area (Å²) in [6, 6.07) is 12.6. The summed E-state index contributed by atoms with van der Waals surface area (Å²) >= 11 is 0. The molecule has 1 aromatic heterocycles. The molecule has 0 aliphatic carbocycles. The maximum absolute atomic E-state index is 12.2. The van der Waals surface area contributed by atoms with Crippen molar-refractivity contribution in [3.05, 3.63) is 53.6 Å². The highest BCUT2D eigenvalue weighted by Crippen LogP contribution is 2.12. The van der Waals surface area contributed by atoms with Crippen molar-refractivity contribution >= 4 is 28.5 Å². The third-order valence-electron chi connectivity index (χ3n) is 3.75. The molecule has 0 saturated carbocycles. The van der Waals surface area contributed by atoms with Crippen LogP contribution in [-0.4, -0.2) is 27.2 Å². The van der Waals surface area contributed by atoms with E-state index in [2.05, 4.69) is 26.0 Å². The summed E-state index contributed by atoms with van der Waals surface area (Å²) in [5.74, 6) is -0.169. The molecule has 0 aliphatic heterocycles. The first-order chi connectivity index (χ1) is 12.2. The number of H-pyrrole nitrogens is 1. The minimum atomic E-state index is -0.176. The Labute approximate surface area is 144 Å². The molecule has 7 heteroatoms. The maximum atomic E-state index is 12.2. The van der Waals surface area contributed by atoms with Crippen LogP contribution in [0.4, 0.5) is 5.69 Å². The molecule has 2 aromatic carbocycles. The highest BCUT2D eigenvalue weighted by atomic mass is 16.2. The number of anilines is 1. The van der Waals surface area contributed by atoms with Crippen molar-refractivity contribution in [2.75, 3.05) is 5.32 Å². The summed E-state index contributed by atoms with van der Waals surface area (Å²) in [4.78, 5) is 23.8. The number of fused-ring (bicyclic) bond motifs is 1. The topological polar surface area (TPSA) is 99.8 Å². The van der Waals surface area contributed by atoms with Gasteiger partial charge in [-0.1, -0.05) is 19.1 Å². The van der Waals surface area contributed by atoms with Crippen molar-refractivity contribution in [1.82, 2.24) is 20.7 Å². The predicted octanol–water partition coefficient (Wildman–Crippen LogP) is 2.63. The van der Waals surface area contributed by atoms with Gasteiger partial charge >= 0.3 is 0 Å². The van der Waals surface area contributed by atoms with Crippen molar-refractivity contribution in [1.29, 1.82) is 0 Å². The van der Waals surface area contributed by atoms with E-state index in [1.807, 2.05) is 31.2 Å². The summed E-state index contributed by atoms with van der Waals surface area (Å²) in [6.07, 6.45) is 1.32. The molecule has 0 bridgehead atoms. The van der Waals surface area contributed by atoms with Gasteiger partial charge in [-0.3, -0.25) is 9.59 Å². The minimum absolute atomic E-state index is 0.00630. The van der Waals surface area contributed by atoms with Gasteiger partial charge < -0.3 is 10.6 Å². The molecular weight excluding hydrogens is 318 g/mol. The average Bonchev–Trinajstić information content (AvgIpc) is 3.08. The molecule has 0 fully saturated rings. The fourth-order valence-corrected chi connectivity index (χ4v) is 2.42. The van der Waals surface area contributed by atoms with Crippen LogP contribution >= 0.6 is 0 Å². The molecular formula is C18H19N5O2. The van der Waals surface area contributed by atoms with Gasteiger partial charge in [-0.2, -0.15) is 15.4 Å². The summed E-state index contributed by atoms with van der Waals surface area (Å²) in [5.41, 5.74) is 3.61. The molecule has 2 amide bonds. The van der Waals surface area contributed by atoms with E-state index < -0.39 is 0 Å². The Hall–Kier alpha value is -3.22. The highest BCUT2D eigenvalue weighted by molar-refractivity contribution is 5.97. The van der Waals surface area contributed by atoms with Crippen LogP contribution in [0.3, 0.4) is 0 Å². The van der Waals surface area contributed by atoms with Gasteiger partial charge in [-0.25, -0.2) is 0 Å². The molecule has 3 rings (SSSR count). The van der Waals surface area contributed by atoms with Crippen LogP contribution in [0.15, 0.2) is 42.5 Å². The molecule has 3 aromatic rings. The number of aromatic amines is 1. The number of hydrogen-bond donors (Lipinski definition) is 3. The fourth-order valence-electron chi connectivity index (χ4n) is 2.42. The number of aromatic nitrogens is 3. The summed E-state index contributed by atoms with van der Waals surface area (Å²) < 4.78 is 0. The van der Waals surface area contributed by atoms with Gasteiger partial charge in [0.05, 0.1) is 0 Å². The molecule has 0 radical (unpaired) electrons. The normalized spacial score (nSPS) is 10.6. The largest absolute Gasteiger partial charge is 0.348 e. The van der Waals surface area contributed by atoms with Crippen molar-refractivity contribution in [2.45, 2.75) is 26.3 Å². The number of hydrogen-bond acceptors (Lipinski definition) is 4. The molecule has 3 N–H and O–H groups in total. The lowest BCUT2D eigenvalue weighted by molar-refractivity contribution is -0.116. The molecule has 25 heavy (non-hydrogen) atoms. The Bertz CT molecular complexity index is 886. The first-order valence-electron chi connectivity index (χ1n) is 8.13. The van der Waals surface area contributed by atoms with E-state index in [4.69, 9.17) is 0 Å². The fraction of sp³-hybridized carbons (Fsp3) is 0.222. The number of amides is 2. The molecule has 0 spiro atoms. The van der Waals surface area contributed by atoms with E-state index in [0.717, 1.165) is 23.2 Å². The number of nitrogens with one attached hydrogen (secondary N) is 3. The van der Waals surface area contributed by atoms with Gasteiger partial charge in [0.2, 0.25) is 5.91 Å². The smallest absolute Gasteiger partial charge is 0.251 e. The van der Waals surface area contributed by atoms with E-state index >= 15 is 0 Å². The molecule has 0 saturated heterocycles. The van der Waals surface area contributed by atoms with Gasteiger partial charge in [0.25, 0.3) is 5.91 Å². The molecule has 1 heterocycles. The van der Waals surface area contributed by atoms with E-state index in [9.17, 15) is 9.59 Å². The number of rotatable bonds is 6. The average molecular weight is 337 g/mol. The van der Waals surface area contributed by atoms with Gasteiger partial charge in [0.1, 0.15) is 11.0 Å². The Balaban J connectivity index is 1.57. The predicted molar refractivity (Wildman–Crippen MR) is 95.0 cm³/mol. The van der Waals surface area contributed by atoms with Gasteiger partial charge in [0.15, 0.2) is 0 Å². The highest BCUT2D eigenvalue weighted by Gasteiger charge is 2.08. The van der Waals surface area contributed by atoms with Crippen molar-refractivity contribution < 1.29 is 9.59 Å². The zero-order valence-electron chi connectivity index (χ0n) is 13.9. The molecule has 0 aliphatic rings. The lowest BCUT2D eigenvalue weighted by Crippen LogP contribution is -2.22. The third kappa shape index (κ3) is 4.20. The zero-order valence-corrected chi connectivity index (χ0v) is 13.9. The van der Waals surface area contributed by atoms with Crippen LogP contribution in [0, 0.1) is 0 Å². The van der Waals surface area contributed by atoms with Crippen LogP contribution in [-0.2, 0) is 11.3 Å². The summed E-state index contributed by atoms with van der Waals surface area (Å²) in [5, 5.41) is 16.2. The second-order valence-electron chi connectivity index (χ2n) is 5.70. The summed E-state index contributed by atoms with van der Waals surface area (Å²) in [7, 11) is 0. The standard InChI is InChI=1S/C18H19N5O2/c1-2-3-17(24)20-14-7-4-12(5-8-14)11-19-18(25)13-6-9-15-16(10-13)22-23-21-15/h4-10H,2-3,11H2,1H3,(H,19,25)(H,20,24)(H,21,22,23). The zero-order chi connectivity index (χ0) is 17.6. The number of carbonyl (C=O) groups excluding carboxylic acids is 2.